The summed E-state index contributed by atoms with van der Waals surface area (Å²) in [5.74, 6) is -1.63. The Kier molecular flexibility index (Phi) is 2.91. The molecular formula is C9H7F2NO2. The van der Waals surface area contributed by atoms with Crippen LogP contribution in [-0.4, -0.2) is 4.92 Å². The summed E-state index contributed by atoms with van der Waals surface area (Å²) in [6.45, 7) is 1.17. The molecule has 3 nitrogen and oxygen atoms in total. The quantitative estimate of drug-likeness (QED) is 0.542. The lowest BCUT2D eigenvalue weighted by Gasteiger charge is -1.97. The fourth-order valence-electron chi connectivity index (χ4n) is 0.910. The maximum atomic E-state index is 13.0. The molecule has 0 heterocycles. The molecule has 0 bridgehead atoms. The van der Waals surface area contributed by atoms with Crippen molar-refractivity contribution in [2.45, 2.75) is 6.92 Å². The van der Waals surface area contributed by atoms with Gasteiger partial charge < -0.3 is 0 Å². The SMILES string of the molecule is CC(=Cc1c(F)cccc1F)[N+](=O)[O-]. The van der Waals surface area contributed by atoms with Crippen LogP contribution in [0.3, 0.4) is 0 Å². The first-order valence-electron chi connectivity index (χ1n) is 3.79. The molecule has 0 saturated carbocycles. The Morgan fingerprint density at radius 1 is 1.43 bits per heavy atom. The number of rotatable bonds is 2. The lowest BCUT2D eigenvalue weighted by Crippen LogP contribution is -1.95. The molecule has 1 aromatic rings. The first kappa shape index (κ1) is 10.3. The molecule has 0 saturated heterocycles. The first-order valence-corrected chi connectivity index (χ1v) is 3.79. The van der Waals surface area contributed by atoms with E-state index in [0.717, 1.165) is 18.2 Å². The molecule has 74 valence electrons. The molecule has 0 aromatic heterocycles. The summed E-state index contributed by atoms with van der Waals surface area (Å²) in [7, 11) is 0. The molecule has 0 fully saturated rings. The van der Waals surface area contributed by atoms with E-state index in [4.69, 9.17) is 0 Å². The van der Waals surface area contributed by atoms with Gasteiger partial charge in [0, 0.05) is 13.0 Å². The van der Waals surface area contributed by atoms with Gasteiger partial charge in [-0.15, -0.1) is 0 Å². The average molecular weight is 199 g/mol. The van der Waals surface area contributed by atoms with Gasteiger partial charge in [-0.25, -0.2) is 8.78 Å². The van der Waals surface area contributed by atoms with Gasteiger partial charge in [0.05, 0.1) is 10.5 Å². The van der Waals surface area contributed by atoms with Gasteiger partial charge in [-0.05, 0) is 12.1 Å². The lowest BCUT2D eigenvalue weighted by atomic mass is 10.1. The van der Waals surface area contributed by atoms with Crippen LogP contribution in [-0.2, 0) is 0 Å². The van der Waals surface area contributed by atoms with Crippen LogP contribution in [0.25, 0.3) is 6.08 Å². The Morgan fingerprint density at radius 3 is 2.36 bits per heavy atom. The summed E-state index contributed by atoms with van der Waals surface area (Å²) in [6.07, 6.45) is 0.866. The standard InChI is InChI=1S/C9H7F2NO2/c1-6(12(13)14)5-7-8(10)3-2-4-9(7)11/h2-5H,1H3. The smallest absolute Gasteiger partial charge is 0.244 e. The molecule has 0 aliphatic rings. The van der Waals surface area contributed by atoms with E-state index in [-0.39, 0.29) is 11.3 Å². The van der Waals surface area contributed by atoms with Gasteiger partial charge in [-0.1, -0.05) is 6.07 Å². The third kappa shape index (κ3) is 2.12. The second-order valence-electron chi connectivity index (χ2n) is 2.68. The van der Waals surface area contributed by atoms with Crippen LogP contribution in [0, 0.1) is 21.7 Å². The molecule has 0 aliphatic heterocycles. The van der Waals surface area contributed by atoms with Crippen molar-refractivity contribution in [1.29, 1.82) is 0 Å². The van der Waals surface area contributed by atoms with Crippen LogP contribution < -0.4 is 0 Å². The topological polar surface area (TPSA) is 43.1 Å². The molecule has 1 aromatic carbocycles. The highest BCUT2D eigenvalue weighted by molar-refractivity contribution is 5.51. The van der Waals surface area contributed by atoms with Crippen molar-refractivity contribution in [2.24, 2.45) is 0 Å². The predicted molar refractivity (Wildman–Crippen MR) is 47.0 cm³/mol. The van der Waals surface area contributed by atoms with Gasteiger partial charge >= 0.3 is 0 Å². The van der Waals surface area contributed by atoms with E-state index in [1.54, 1.807) is 0 Å². The number of benzene rings is 1. The molecule has 0 unspecified atom stereocenters. The average Bonchev–Trinajstić information content (AvgIpc) is 2.11. The van der Waals surface area contributed by atoms with Crippen LogP contribution in [0.15, 0.2) is 23.9 Å². The molecule has 0 amide bonds. The fourth-order valence-corrected chi connectivity index (χ4v) is 0.910. The Balaban J connectivity index is 3.20. The second kappa shape index (κ2) is 3.95. The summed E-state index contributed by atoms with van der Waals surface area (Å²) < 4.78 is 25.9. The maximum Gasteiger partial charge on any atom is 0.244 e. The number of hydrogen-bond acceptors (Lipinski definition) is 2. The van der Waals surface area contributed by atoms with E-state index in [1.807, 2.05) is 0 Å². The largest absolute Gasteiger partial charge is 0.259 e. The second-order valence-corrected chi connectivity index (χ2v) is 2.68. The van der Waals surface area contributed by atoms with Crippen molar-refractivity contribution < 1.29 is 13.7 Å². The van der Waals surface area contributed by atoms with E-state index >= 15 is 0 Å². The summed E-state index contributed by atoms with van der Waals surface area (Å²) >= 11 is 0. The molecule has 5 heteroatoms. The van der Waals surface area contributed by atoms with E-state index in [0.29, 0.717) is 0 Å². The predicted octanol–water partition coefficient (Wildman–Crippen LogP) is 2.60. The molecule has 0 radical (unpaired) electrons. The van der Waals surface area contributed by atoms with Crippen molar-refractivity contribution in [2.75, 3.05) is 0 Å². The fraction of sp³-hybridized carbons (Fsp3) is 0.111. The molecule has 0 atom stereocenters. The molecule has 0 spiro atoms. The summed E-state index contributed by atoms with van der Waals surface area (Å²) in [4.78, 5) is 9.52. The van der Waals surface area contributed by atoms with Crippen LogP contribution in [0.4, 0.5) is 8.78 Å². The Bertz CT molecular complexity index is 382. The Hall–Kier alpha value is -1.78. The van der Waals surface area contributed by atoms with Gasteiger partial charge in [0.15, 0.2) is 0 Å². The highest BCUT2D eigenvalue weighted by Crippen LogP contribution is 2.15. The van der Waals surface area contributed by atoms with Crippen molar-refractivity contribution in [3.8, 4) is 0 Å². The summed E-state index contributed by atoms with van der Waals surface area (Å²) in [5, 5.41) is 10.2. The lowest BCUT2D eigenvalue weighted by molar-refractivity contribution is -0.422. The molecule has 0 N–H and O–H groups in total. The van der Waals surface area contributed by atoms with E-state index in [2.05, 4.69) is 0 Å². The van der Waals surface area contributed by atoms with E-state index < -0.39 is 16.6 Å². The highest BCUT2D eigenvalue weighted by Gasteiger charge is 2.09. The van der Waals surface area contributed by atoms with Gasteiger partial charge in [0.25, 0.3) is 0 Å². The number of allylic oxidation sites excluding steroid dienone is 1. The normalized spacial score (nSPS) is 11.5. The molecule has 14 heavy (non-hydrogen) atoms. The van der Waals surface area contributed by atoms with Crippen molar-refractivity contribution >= 4 is 6.08 Å². The van der Waals surface area contributed by atoms with E-state index in [9.17, 15) is 18.9 Å². The van der Waals surface area contributed by atoms with Crippen molar-refractivity contribution in [1.82, 2.24) is 0 Å². The van der Waals surface area contributed by atoms with Gasteiger partial charge in [0.2, 0.25) is 5.70 Å². The molecular weight excluding hydrogens is 192 g/mol. The Morgan fingerprint density at radius 2 is 1.93 bits per heavy atom. The van der Waals surface area contributed by atoms with Crippen LogP contribution in [0.5, 0.6) is 0 Å². The highest BCUT2D eigenvalue weighted by atomic mass is 19.1. The number of nitro groups is 1. The number of hydrogen-bond donors (Lipinski definition) is 0. The van der Waals surface area contributed by atoms with Gasteiger partial charge in [-0.3, -0.25) is 10.1 Å². The summed E-state index contributed by atoms with van der Waals surface area (Å²) in [5.41, 5.74) is -0.698. The van der Waals surface area contributed by atoms with Crippen LogP contribution >= 0.6 is 0 Å². The van der Waals surface area contributed by atoms with Crippen molar-refractivity contribution in [3.05, 3.63) is 51.2 Å². The van der Waals surface area contributed by atoms with Crippen LogP contribution in [0.2, 0.25) is 0 Å². The molecule has 0 aliphatic carbocycles. The summed E-state index contributed by atoms with van der Waals surface area (Å²) in [6, 6.07) is 3.29. The monoisotopic (exact) mass is 199 g/mol. The van der Waals surface area contributed by atoms with E-state index in [1.165, 1.54) is 13.0 Å². The maximum absolute atomic E-state index is 13.0. The van der Waals surface area contributed by atoms with Crippen LogP contribution in [0.1, 0.15) is 12.5 Å². The zero-order chi connectivity index (χ0) is 10.7. The zero-order valence-corrected chi connectivity index (χ0v) is 7.33. The third-order valence-corrected chi connectivity index (χ3v) is 1.64. The number of nitrogens with zero attached hydrogens (tertiary/aromatic N) is 1. The Labute approximate surface area is 78.8 Å². The van der Waals surface area contributed by atoms with Gasteiger partial charge in [0.1, 0.15) is 11.6 Å². The minimum absolute atomic E-state index is 0.311. The first-order chi connectivity index (χ1) is 6.52. The minimum Gasteiger partial charge on any atom is -0.259 e. The minimum atomic E-state index is -0.814. The van der Waals surface area contributed by atoms with Gasteiger partial charge in [-0.2, -0.15) is 0 Å². The van der Waals surface area contributed by atoms with Crippen molar-refractivity contribution in [3.63, 3.8) is 0 Å². The zero-order valence-electron chi connectivity index (χ0n) is 7.33. The molecule has 1 rings (SSSR count). The number of halogens is 2. The third-order valence-electron chi connectivity index (χ3n) is 1.64.